The lowest BCUT2D eigenvalue weighted by Crippen LogP contribution is -2.34. The van der Waals surface area contributed by atoms with Gasteiger partial charge < -0.3 is 5.11 Å². The van der Waals surface area contributed by atoms with Crippen molar-refractivity contribution in [1.29, 1.82) is 0 Å². The van der Waals surface area contributed by atoms with E-state index >= 15 is 0 Å². The minimum absolute atomic E-state index is 0.414. The molecule has 0 radical (unpaired) electrons. The number of fused-ring (bicyclic) bond motifs is 1. The van der Waals surface area contributed by atoms with E-state index in [9.17, 15) is 5.11 Å². The van der Waals surface area contributed by atoms with Crippen molar-refractivity contribution >= 4 is 15.9 Å². The van der Waals surface area contributed by atoms with E-state index in [0.29, 0.717) is 5.75 Å². The Hall–Kier alpha value is -0.540. The maximum Gasteiger partial charge on any atom is 0.134 e. The number of phenolic OH excluding ortho intramolecular Hbond substituents is 1. The van der Waals surface area contributed by atoms with Gasteiger partial charge in [0.2, 0.25) is 0 Å². The fourth-order valence-corrected chi connectivity index (χ4v) is 4.01. The van der Waals surface area contributed by atoms with Crippen LogP contribution in [0, 0.1) is 5.92 Å². The molecule has 1 saturated heterocycles. The standard InChI is InChI=1S/C15H20BrNO/c16-13-6-3-5-12(15(13)18)10-17-9-8-11-4-1-2-7-14(11)17/h3,5-6,11,14,18H,1-2,4,7-10H2. The molecule has 1 aromatic carbocycles. The van der Waals surface area contributed by atoms with Crippen LogP contribution < -0.4 is 0 Å². The molecule has 2 nitrogen and oxygen atoms in total. The van der Waals surface area contributed by atoms with E-state index < -0.39 is 0 Å². The lowest BCUT2D eigenvalue weighted by Gasteiger charge is -2.31. The quantitative estimate of drug-likeness (QED) is 0.895. The summed E-state index contributed by atoms with van der Waals surface area (Å²) in [6.45, 7) is 2.09. The summed E-state index contributed by atoms with van der Waals surface area (Å²) in [5.74, 6) is 1.32. The van der Waals surface area contributed by atoms with Gasteiger partial charge in [-0.1, -0.05) is 25.0 Å². The Morgan fingerprint density at radius 3 is 2.94 bits per heavy atom. The molecular weight excluding hydrogens is 290 g/mol. The Morgan fingerprint density at radius 1 is 1.22 bits per heavy atom. The minimum Gasteiger partial charge on any atom is -0.506 e. The van der Waals surface area contributed by atoms with Crippen molar-refractivity contribution < 1.29 is 5.11 Å². The molecule has 2 unspecified atom stereocenters. The Morgan fingerprint density at radius 2 is 2.06 bits per heavy atom. The third-order valence-electron chi connectivity index (χ3n) is 4.57. The molecule has 1 aliphatic heterocycles. The average Bonchev–Trinajstić information content (AvgIpc) is 2.79. The number of phenols is 1. The summed E-state index contributed by atoms with van der Waals surface area (Å²) in [5, 5.41) is 10.1. The Labute approximate surface area is 117 Å². The van der Waals surface area contributed by atoms with Gasteiger partial charge in [0.15, 0.2) is 0 Å². The van der Waals surface area contributed by atoms with Gasteiger partial charge >= 0.3 is 0 Å². The molecule has 0 aromatic heterocycles. The predicted octanol–water partition coefficient (Wildman–Crippen LogP) is 3.92. The largest absolute Gasteiger partial charge is 0.506 e. The van der Waals surface area contributed by atoms with Crippen molar-refractivity contribution in [1.82, 2.24) is 4.90 Å². The smallest absolute Gasteiger partial charge is 0.134 e. The number of para-hydroxylation sites is 1. The van der Waals surface area contributed by atoms with Crippen molar-refractivity contribution in [2.75, 3.05) is 6.54 Å². The lowest BCUT2D eigenvalue weighted by atomic mass is 9.85. The summed E-state index contributed by atoms with van der Waals surface area (Å²) < 4.78 is 0.805. The molecule has 98 valence electrons. The average molecular weight is 310 g/mol. The Kier molecular flexibility index (Phi) is 3.62. The van der Waals surface area contributed by atoms with Crippen LogP contribution >= 0.6 is 15.9 Å². The summed E-state index contributed by atoms with van der Waals surface area (Å²) in [6, 6.07) is 6.70. The molecule has 1 aromatic rings. The highest BCUT2D eigenvalue weighted by atomic mass is 79.9. The van der Waals surface area contributed by atoms with Crippen LogP contribution in [0.15, 0.2) is 22.7 Å². The van der Waals surface area contributed by atoms with Crippen LogP contribution in [0.2, 0.25) is 0 Å². The molecule has 18 heavy (non-hydrogen) atoms. The summed E-state index contributed by atoms with van der Waals surface area (Å²) in [7, 11) is 0. The number of rotatable bonds is 2. The van der Waals surface area contributed by atoms with Crippen LogP contribution in [0.25, 0.3) is 0 Å². The molecule has 3 rings (SSSR count). The van der Waals surface area contributed by atoms with E-state index in [1.54, 1.807) is 0 Å². The number of likely N-dealkylation sites (tertiary alicyclic amines) is 1. The molecule has 1 N–H and O–H groups in total. The zero-order chi connectivity index (χ0) is 12.5. The number of aromatic hydroxyl groups is 1. The molecule has 1 saturated carbocycles. The van der Waals surface area contributed by atoms with E-state index in [2.05, 4.69) is 20.8 Å². The predicted molar refractivity (Wildman–Crippen MR) is 76.6 cm³/mol. The first-order valence-electron chi connectivity index (χ1n) is 6.96. The number of halogens is 1. The third-order valence-corrected chi connectivity index (χ3v) is 5.21. The first-order valence-corrected chi connectivity index (χ1v) is 7.75. The monoisotopic (exact) mass is 309 g/mol. The minimum atomic E-state index is 0.414. The number of hydrogen-bond acceptors (Lipinski definition) is 2. The van der Waals surface area contributed by atoms with E-state index in [1.165, 1.54) is 38.6 Å². The van der Waals surface area contributed by atoms with Crippen molar-refractivity contribution in [3.63, 3.8) is 0 Å². The maximum atomic E-state index is 10.1. The number of hydrogen-bond donors (Lipinski definition) is 1. The van der Waals surface area contributed by atoms with E-state index in [4.69, 9.17) is 0 Å². The van der Waals surface area contributed by atoms with Gasteiger partial charge in [-0.2, -0.15) is 0 Å². The fourth-order valence-electron chi connectivity index (χ4n) is 3.61. The molecule has 3 heteroatoms. The molecule has 1 aliphatic carbocycles. The highest BCUT2D eigenvalue weighted by Gasteiger charge is 2.35. The first-order chi connectivity index (χ1) is 8.75. The number of nitrogens with zero attached hydrogens (tertiary/aromatic N) is 1. The highest BCUT2D eigenvalue weighted by Crippen LogP contribution is 2.38. The number of benzene rings is 1. The SMILES string of the molecule is Oc1c(Br)cccc1CN1CCC2CCCCC21. The van der Waals surface area contributed by atoms with Crippen LogP contribution in [-0.4, -0.2) is 22.6 Å². The van der Waals surface area contributed by atoms with Crippen LogP contribution in [0.5, 0.6) is 5.75 Å². The van der Waals surface area contributed by atoms with Gasteiger partial charge in [-0.15, -0.1) is 0 Å². The highest BCUT2D eigenvalue weighted by molar-refractivity contribution is 9.10. The van der Waals surface area contributed by atoms with Crippen molar-refractivity contribution in [2.24, 2.45) is 5.92 Å². The molecular formula is C15H20BrNO. The summed E-state index contributed by atoms with van der Waals surface area (Å²) in [6.07, 6.45) is 6.89. The lowest BCUT2D eigenvalue weighted by molar-refractivity contribution is 0.174. The van der Waals surface area contributed by atoms with E-state index in [-0.39, 0.29) is 0 Å². The van der Waals surface area contributed by atoms with Gasteiger partial charge in [0.1, 0.15) is 5.75 Å². The van der Waals surface area contributed by atoms with Gasteiger partial charge in [-0.3, -0.25) is 4.90 Å². The van der Waals surface area contributed by atoms with Crippen LogP contribution in [0.1, 0.15) is 37.7 Å². The van der Waals surface area contributed by atoms with Gasteiger partial charge in [0, 0.05) is 18.2 Å². The van der Waals surface area contributed by atoms with Crippen molar-refractivity contribution in [2.45, 2.75) is 44.7 Å². The second-order valence-corrected chi connectivity index (χ2v) is 6.47. The molecule has 0 bridgehead atoms. The molecule has 1 heterocycles. The topological polar surface area (TPSA) is 23.5 Å². The zero-order valence-corrected chi connectivity index (χ0v) is 12.2. The zero-order valence-electron chi connectivity index (χ0n) is 10.6. The van der Waals surface area contributed by atoms with Crippen LogP contribution in [0.3, 0.4) is 0 Å². The van der Waals surface area contributed by atoms with Crippen molar-refractivity contribution in [3.05, 3.63) is 28.2 Å². The van der Waals surface area contributed by atoms with Gasteiger partial charge in [-0.25, -0.2) is 0 Å². The van der Waals surface area contributed by atoms with Gasteiger partial charge in [0.25, 0.3) is 0 Å². The molecule has 2 atom stereocenters. The molecule has 2 fully saturated rings. The summed E-state index contributed by atoms with van der Waals surface area (Å²) >= 11 is 3.40. The van der Waals surface area contributed by atoms with Gasteiger partial charge in [-0.05, 0) is 53.7 Å². The van der Waals surface area contributed by atoms with Gasteiger partial charge in [0.05, 0.1) is 4.47 Å². The second-order valence-electron chi connectivity index (χ2n) is 5.62. The maximum absolute atomic E-state index is 10.1. The second kappa shape index (κ2) is 5.22. The van der Waals surface area contributed by atoms with Crippen LogP contribution in [-0.2, 0) is 6.54 Å². The van der Waals surface area contributed by atoms with Crippen LogP contribution in [0.4, 0.5) is 0 Å². The Balaban J connectivity index is 1.74. The Bertz CT molecular complexity index is 435. The first kappa shape index (κ1) is 12.5. The fraction of sp³-hybridized carbons (Fsp3) is 0.600. The molecule has 0 amide bonds. The van der Waals surface area contributed by atoms with E-state index in [0.717, 1.165) is 28.5 Å². The summed E-state index contributed by atoms with van der Waals surface area (Å²) in [4.78, 5) is 2.57. The molecule has 2 aliphatic rings. The van der Waals surface area contributed by atoms with E-state index in [1.807, 2.05) is 18.2 Å². The molecule has 0 spiro atoms. The normalized spacial score (nSPS) is 28.3. The summed E-state index contributed by atoms with van der Waals surface area (Å²) in [5.41, 5.74) is 1.05. The third kappa shape index (κ3) is 2.30. The van der Waals surface area contributed by atoms with Crippen molar-refractivity contribution in [3.8, 4) is 5.75 Å².